The molecule has 0 saturated heterocycles. The van der Waals surface area contributed by atoms with Gasteiger partial charge < -0.3 is 0 Å². The molecule has 2 atom stereocenters. The van der Waals surface area contributed by atoms with Crippen molar-refractivity contribution >= 4 is 49.7 Å². The first-order valence-corrected chi connectivity index (χ1v) is 18.9. The molecule has 3 heteroatoms. The highest BCUT2D eigenvalue weighted by molar-refractivity contribution is 6.24. The minimum absolute atomic E-state index is 0.151. The van der Waals surface area contributed by atoms with E-state index in [1.807, 2.05) is 12.4 Å². The fraction of sp³-hybridized carbons (Fsp3) is 0.160. The van der Waals surface area contributed by atoms with Crippen LogP contribution < -0.4 is 0 Å². The number of pyridine rings is 1. The average molecular weight is 682 g/mol. The molecule has 0 radical (unpaired) electrons. The summed E-state index contributed by atoms with van der Waals surface area (Å²) in [5.41, 5.74) is 14.8. The normalized spacial score (nSPS) is 21.3. The predicted octanol–water partition coefficient (Wildman–Crippen LogP) is 12.2. The summed E-state index contributed by atoms with van der Waals surface area (Å²) in [5, 5.41) is 5.13. The maximum atomic E-state index is 5.92. The number of nitrogens with zero attached hydrogens (tertiary/aromatic N) is 3. The summed E-state index contributed by atoms with van der Waals surface area (Å²) in [6.07, 6.45) is 13.4. The van der Waals surface area contributed by atoms with Gasteiger partial charge in [0, 0.05) is 51.0 Å². The zero-order chi connectivity index (χ0) is 35.5. The zero-order valence-corrected chi connectivity index (χ0v) is 30.1. The van der Waals surface area contributed by atoms with Crippen molar-refractivity contribution in [2.75, 3.05) is 0 Å². The Morgan fingerprint density at radius 1 is 0.755 bits per heavy atom. The number of allylic oxidation sites excluding steroid dienone is 6. The lowest BCUT2D eigenvalue weighted by Crippen LogP contribution is -2.33. The van der Waals surface area contributed by atoms with Gasteiger partial charge in [0.25, 0.3) is 0 Å². The van der Waals surface area contributed by atoms with Crippen molar-refractivity contribution in [3.63, 3.8) is 0 Å². The van der Waals surface area contributed by atoms with Crippen LogP contribution in [0, 0.1) is 5.92 Å². The van der Waals surface area contributed by atoms with Crippen molar-refractivity contribution < 1.29 is 0 Å². The molecule has 254 valence electrons. The molecule has 3 heterocycles. The molecule has 3 aliphatic carbocycles. The molecule has 11 rings (SSSR count). The van der Waals surface area contributed by atoms with Crippen molar-refractivity contribution in [2.24, 2.45) is 10.9 Å². The van der Waals surface area contributed by atoms with Gasteiger partial charge in [-0.05, 0) is 93.8 Å². The summed E-state index contributed by atoms with van der Waals surface area (Å²) < 4.78 is 2.51. The Labute approximate surface area is 310 Å². The van der Waals surface area contributed by atoms with Crippen LogP contribution in [0.5, 0.6) is 0 Å². The highest BCUT2D eigenvalue weighted by Crippen LogP contribution is 2.70. The standard InChI is InChI=1S/C50H39N3/c1-31-13-11-15-33(23-22-31)38-27-40-41(28-39(38)34-16-12-26-51-30-34)49(2,3)47-46(40)52-48(42-29-50(42,47)35-17-5-4-6-18-35)53-43-21-10-9-20-37(43)45-36-19-8-7-14-32(36)24-25-44(45)53/h4-21,24-28,30,42H,1,22-23,29H2,2-3H3. The van der Waals surface area contributed by atoms with E-state index in [1.165, 1.54) is 71.5 Å². The van der Waals surface area contributed by atoms with Gasteiger partial charge >= 0.3 is 0 Å². The third kappa shape index (κ3) is 4.22. The molecular formula is C50H39N3. The van der Waals surface area contributed by atoms with Gasteiger partial charge in [0.1, 0.15) is 5.84 Å². The van der Waals surface area contributed by atoms with Crippen molar-refractivity contribution in [1.29, 1.82) is 0 Å². The molecule has 7 aromatic rings. The van der Waals surface area contributed by atoms with Crippen LogP contribution in [0.3, 0.4) is 0 Å². The number of hydrogen-bond acceptors (Lipinski definition) is 2. The van der Waals surface area contributed by atoms with Crippen LogP contribution in [0.25, 0.3) is 55.0 Å². The number of aliphatic imine (C=N–C) groups is 1. The Morgan fingerprint density at radius 2 is 1.57 bits per heavy atom. The summed E-state index contributed by atoms with van der Waals surface area (Å²) in [6, 6.07) is 42.8. The predicted molar refractivity (Wildman–Crippen MR) is 221 cm³/mol. The maximum Gasteiger partial charge on any atom is 0.118 e. The molecule has 5 aromatic carbocycles. The van der Waals surface area contributed by atoms with E-state index in [2.05, 4.69) is 163 Å². The molecule has 0 N–H and O–H groups in total. The summed E-state index contributed by atoms with van der Waals surface area (Å²) in [6.45, 7) is 9.17. The van der Waals surface area contributed by atoms with Crippen LogP contribution in [0.15, 0.2) is 169 Å². The largest absolute Gasteiger partial charge is 0.297 e. The second kappa shape index (κ2) is 11.0. The summed E-state index contributed by atoms with van der Waals surface area (Å²) in [4.78, 5) is 10.5. The van der Waals surface area contributed by atoms with Gasteiger partial charge in [0.05, 0.1) is 16.7 Å². The van der Waals surface area contributed by atoms with E-state index in [0.717, 1.165) is 41.9 Å². The molecule has 53 heavy (non-hydrogen) atoms. The first kappa shape index (κ1) is 30.6. The van der Waals surface area contributed by atoms with E-state index in [0.29, 0.717) is 0 Å². The molecule has 4 aliphatic rings. The molecule has 0 spiro atoms. The average Bonchev–Trinajstić information content (AvgIpc) is 3.87. The van der Waals surface area contributed by atoms with Gasteiger partial charge in [-0.15, -0.1) is 0 Å². The monoisotopic (exact) mass is 681 g/mol. The van der Waals surface area contributed by atoms with E-state index in [-0.39, 0.29) is 16.7 Å². The van der Waals surface area contributed by atoms with E-state index in [9.17, 15) is 0 Å². The number of fused-ring (bicyclic) bond motifs is 9. The van der Waals surface area contributed by atoms with E-state index >= 15 is 0 Å². The molecule has 0 amide bonds. The van der Waals surface area contributed by atoms with E-state index in [1.54, 1.807) is 0 Å². The summed E-state index contributed by atoms with van der Waals surface area (Å²) in [5.74, 6) is 1.41. The lowest BCUT2D eigenvalue weighted by molar-refractivity contribution is 0.555. The first-order valence-electron chi connectivity index (χ1n) is 18.9. The van der Waals surface area contributed by atoms with Crippen LogP contribution in [0.2, 0.25) is 0 Å². The lowest BCUT2D eigenvalue weighted by atomic mass is 9.70. The zero-order valence-electron chi connectivity index (χ0n) is 30.1. The summed E-state index contributed by atoms with van der Waals surface area (Å²) >= 11 is 0. The Bertz CT molecular complexity index is 2840. The minimum atomic E-state index is -0.233. The maximum absolute atomic E-state index is 5.92. The smallest absolute Gasteiger partial charge is 0.118 e. The second-order valence-corrected chi connectivity index (χ2v) is 15.8. The number of hydrogen-bond donors (Lipinski definition) is 0. The van der Waals surface area contributed by atoms with Gasteiger partial charge in [-0.2, -0.15) is 0 Å². The third-order valence-corrected chi connectivity index (χ3v) is 12.6. The Morgan fingerprint density at radius 3 is 2.42 bits per heavy atom. The minimum Gasteiger partial charge on any atom is -0.297 e. The first-order chi connectivity index (χ1) is 25.9. The highest BCUT2D eigenvalue weighted by atomic mass is 15.1. The Hall–Kier alpha value is -6.06. The molecule has 2 unspecified atom stereocenters. The Kier molecular flexibility index (Phi) is 6.33. The fourth-order valence-corrected chi connectivity index (χ4v) is 10.2. The van der Waals surface area contributed by atoms with Gasteiger partial charge in [0.15, 0.2) is 0 Å². The van der Waals surface area contributed by atoms with Gasteiger partial charge in [-0.3, -0.25) is 9.55 Å². The molecule has 1 saturated carbocycles. The molecule has 1 fully saturated rings. The number of rotatable bonds is 3. The van der Waals surface area contributed by atoms with Crippen LogP contribution in [-0.4, -0.2) is 15.4 Å². The second-order valence-electron chi connectivity index (χ2n) is 15.8. The molecule has 0 bridgehead atoms. The summed E-state index contributed by atoms with van der Waals surface area (Å²) in [7, 11) is 0. The fourth-order valence-electron chi connectivity index (χ4n) is 10.2. The Balaban J connectivity index is 1.22. The quantitative estimate of drug-likeness (QED) is 0.183. The van der Waals surface area contributed by atoms with Gasteiger partial charge in [-0.25, -0.2) is 4.99 Å². The van der Waals surface area contributed by atoms with Crippen LogP contribution in [-0.2, 0) is 10.8 Å². The molecular weight excluding hydrogens is 643 g/mol. The van der Waals surface area contributed by atoms with Crippen molar-refractivity contribution in [3.8, 4) is 11.1 Å². The van der Waals surface area contributed by atoms with Crippen molar-refractivity contribution in [1.82, 2.24) is 9.55 Å². The van der Waals surface area contributed by atoms with Gasteiger partial charge in [0.2, 0.25) is 0 Å². The third-order valence-electron chi connectivity index (χ3n) is 12.6. The lowest BCUT2D eigenvalue weighted by Gasteiger charge is -2.34. The number of benzene rings is 5. The highest BCUT2D eigenvalue weighted by Gasteiger charge is 2.67. The van der Waals surface area contributed by atoms with Crippen LogP contribution in [0.4, 0.5) is 0 Å². The van der Waals surface area contributed by atoms with E-state index in [4.69, 9.17) is 4.99 Å². The number of para-hydroxylation sites is 1. The van der Waals surface area contributed by atoms with Gasteiger partial charge in [-0.1, -0.05) is 129 Å². The van der Waals surface area contributed by atoms with Crippen molar-refractivity contribution in [2.45, 2.75) is 43.9 Å². The molecule has 1 aliphatic heterocycles. The molecule has 2 aromatic heterocycles. The van der Waals surface area contributed by atoms with E-state index < -0.39 is 0 Å². The number of aromatic nitrogens is 2. The SMILES string of the molecule is C=C1C=CC=C(c2cc3c(cc2-c2cccnc2)C(C)(C)C2=C3N=C(n3c4ccccc4c4c5ccccc5ccc43)C3CC23c2ccccc2)CC1. The van der Waals surface area contributed by atoms with Crippen LogP contribution in [0.1, 0.15) is 55.4 Å². The van der Waals surface area contributed by atoms with Crippen molar-refractivity contribution in [3.05, 3.63) is 186 Å². The topological polar surface area (TPSA) is 30.2 Å². The molecule has 3 nitrogen and oxygen atoms in total. The van der Waals surface area contributed by atoms with Crippen LogP contribution >= 0.6 is 0 Å².